The van der Waals surface area contributed by atoms with Crippen LogP contribution in [0, 0.1) is 17.2 Å². The topological polar surface area (TPSA) is 113 Å². The number of amides is 1. The largest absolute Gasteiger partial charge is 0.379 e. The minimum absolute atomic E-state index is 0.259. The molecule has 0 saturated carbocycles. The van der Waals surface area contributed by atoms with Gasteiger partial charge in [-0.2, -0.15) is 5.26 Å². The number of nitrogens with one attached hydrogen (secondary N) is 1. The van der Waals surface area contributed by atoms with Gasteiger partial charge >= 0.3 is 0 Å². The summed E-state index contributed by atoms with van der Waals surface area (Å²) in [5, 5.41) is 14.2. The normalized spacial score (nSPS) is 24.4. The molecule has 2 atom stereocenters. The quantitative estimate of drug-likeness (QED) is 0.820. The van der Waals surface area contributed by atoms with Crippen molar-refractivity contribution in [2.24, 2.45) is 16.6 Å². The summed E-state index contributed by atoms with van der Waals surface area (Å²) in [6, 6.07) is 7.03. The lowest BCUT2D eigenvalue weighted by Gasteiger charge is -2.42. The van der Waals surface area contributed by atoms with Crippen molar-refractivity contribution in [1.82, 2.24) is 4.98 Å². The van der Waals surface area contributed by atoms with Crippen LogP contribution in [0.15, 0.2) is 34.8 Å². The average Bonchev–Trinajstić information content (AvgIpc) is 3.17. The number of hydrogen-bond acceptors (Lipinski definition) is 8. The van der Waals surface area contributed by atoms with Crippen molar-refractivity contribution in [3.63, 3.8) is 0 Å². The number of carbonyl (C=O) groups excluding carboxylic acids is 1. The maximum atomic E-state index is 12.4. The van der Waals surface area contributed by atoms with Crippen LogP contribution < -0.4 is 11.1 Å². The number of nitrogens with two attached hydrogens (primary N) is 1. The molecule has 0 aromatic carbocycles. The lowest BCUT2D eigenvalue weighted by Crippen LogP contribution is -2.47. The van der Waals surface area contributed by atoms with Gasteiger partial charge in [0.25, 0.3) is 5.91 Å². The summed E-state index contributed by atoms with van der Waals surface area (Å²) in [6.07, 6.45) is 2.33. The number of rotatable bonds is 3. The highest BCUT2D eigenvalue weighted by molar-refractivity contribution is 8.13. The molecular weight excluding hydrogens is 382 g/mol. The number of pyridine rings is 1. The van der Waals surface area contributed by atoms with Gasteiger partial charge in [0.05, 0.1) is 17.9 Å². The molecule has 138 valence electrons. The molecule has 3 N–H and O–H groups in total. The van der Waals surface area contributed by atoms with Crippen LogP contribution in [0.1, 0.15) is 27.3 Å². The number of thioether (sulfide) groups is 1. The Morgan fingerprint density at radius 3 is 3.15 bits per heavy atom. The summed E-state index contributed by atoms with van der Waals surface area (Å²) in [7, 11) is 0. The van der Waals surface area contributed by atoms with E-state index in [-0.39, 0.29) is 11.6 Å². The lowest BCUT2D eigenvalue weighted by molar-refractivity contribution is 0.00613. The molecule has 0 spiro atoms. The highest BCUT2D eigenvalue weighted by Gasteiger charge is 2.46. The standard InChI is InChI=1S/C18H17N5O2S2/c19-6-11-1-2-14(21-7-11)16(24)22-13-5-15(26-9-13)18-10-25-4-3-12(18)8-27-17(20)23-18/h1-2,5,7,9,12H,3-4,8,10H2,(H2,20,23)(H,22,24). The zero-order chi connectivity index (χ0) is 18.9. The van der Waals surface area contributed by atoms with Crippen molar-refractivity contribution in [2.75, 3.05) is 24.3 Å². The number of amidine groups is 1. The zero-order valence-corrected chi connectivity index (χ0v) is 16.0. The first-order valence-corrected chi connectivity index (χ1v) is 10.3. The van der Waals surface area contributed by atoms with Gasteiger partial charge in [-0.05, 0) is 24.6 Å². The second-order valence-electron chi connectivity index (χ2n) is 6.42. The fourth-order valence-corrected chi connectivity index (χ4v) is 5.41. The molecule has 1 fully saturated rings. The van der Waals surface area contributed by atoms with E-state index in [2.05, 4.69) is 10.3 Å². The van der Waals surface area contributed by atoms with E-state index in [4.69, 9.17) is 20.7 Å². The first-order valence-electron chi connectivity index (χ1n) is 8.43. The Morgan fingerprint density at radius 1 is 1.48 bits per heavy atom. The molecule has 2 aliphatic rings. The molecule has 4 heterocycles. The second kappa shape index (κ2) is 7.31. The van der Waals surface area contributed by atoms with E-state index >= 15 is 0 Å². The molecule has 27 heavy (non-hydrogen) atoms. The van der Waals surface area contributed by atoms with Crippen LogP contribution in [0.5, 0.6) is 0 Å². The molecular formula is C18H17N5O2S2. The van der Waals surface area contributed by atoms with Gasteiger partial charge in [0.2, 0.25) is 0 Å². The number of anilines is 1. The van der Waals surface area contributed by atoms with Gasteiger partial charge in [0, 0.05) is 34.7 Å². The third-order valence-corrected chi connectivity index (χ3v) is 6.81. The number of thiophene rings is 1. The Hall–Kier alpha value is -2.41. The summed E-state index contributed by atoms with van der Waals surface area (Å²) in [4.78, 5) is 22.2. The van der Waals surface area contributed by atoms with Crippen LogP contribution >= 0.6 is 23.1 Å². The lowest BCUT2D eigenvalue weighted by atomic mass is 9.81. The molecule has 4 rings (SSSR count). The van der Waals surface area contributed by atoms with E-state index < -0.39 is 5.54 Å². The summed E-state index contributed by atoms with van der Waals surface area (Å²) < 4.78 is 5.74. The Balaban J connectivity index is 1.56. The number of ether oxygens (including phenoxy) is 1. The predicted molar refractivity (Wildman–Crippen MR) is 106 cm³/mol. The molecule has 9 heteroatoms. The van der Waals surface area contributed by atoms with Crippen molar-refractivity contribution in [3.8, 4) is 6.07 Å². The fourth-order valence-electron chi connectivity index (χ4n) is 3.32. The highest BCUT2D eigenvalue weighted by Crippen LogP contribution is 2.46. The maximum absolute atomic E-state index is 12.4. The Morgan fingerprint density at radius 2 is 2.37 bits per heavy atom. The number of hydrogen-bond donors (Lipinski definition) is 2. The third kappa shape index (κ3) is 3.43. The van der Waals surface area contributed by atoms with Crippen LogP contribution in [-0.2, 0) is 10.3 Å². The monoisotopic (exact) mass is 399 g/mol. The fraction of sp³-hybridized carbons (Fsp3) is 0.333. The van der Waals surface area contributed by atoms with Crippen molar-refractivity contribution in [1.29, 1.82) is 5.26 Å². The first-order chi connectivity index (χ1) is 13.1. The summed E-state index contributed by atoms with van der Waals surface area (Å²) in [5.41, 5.74) is 6.91. The molecule has 2 unspecified atom stereocenters. The summed E-state index contributed by atoms with van der Waals surface area (Å²) >= 11 is 3.14. The molecule has 0 aliphatic carbocycles. The van der Waals surface area contributed by atoms with Gasteiger partial charge in [0.15, 0.2) is 5.17 Å². The van der Waals surface area contributed by atoms with Crippen LogP contribution in [0.4, 0.5) is 5.69 Å². The van der Waals surface area contributed by atoms with Crippen molar-refractivity contribution >= 4 is 39.9 Å². The number of aromatic nitrogens is 1. The third-order valence-electron chi connectivity index (χ3n) is 4.76. The van der Waals surface area contributed by atoms with Gasteiger partial charge in [0.1, 0.15) is 17.3 Å². The molecule has 2 aromatic heterocycles. The SMILES string of the molecule is N#Cc1ccc(C(=O)Nc2csc(C34COCCC3CSC(N)=N4)c2)nc1. The highest BCUT2D eigenvalue weighted by atomic mass is 32.2. The van der Waals surface area contributed by atoms with Gasteiger partial charge in [-0.3, -0.25) is 4.79 Å². The van der Waals surface area contributed by atoms with E-state index in [9.17, 15) is 4.79 Å². The molecule has 0 bridgehead atoms. The molecule has 2 aromatic rings. The van der Waals surface area contributed by atoms with Crippen molar-refractivity contribution in [3.05, 3.63) is 45.9 Å². The maximum Gasteiger partial charge on any atom is 0.274 e. The van der Waals surface area contributed by atoms with Gasteiger partial charge in [-0.15, -0.1) is 11.3 Å². The van der Waals surface area contributed by atoms with E-state index in [1.807, 2.05) is 17.5 Å². The Labute approximate surface area is 164 Å². The molecule has 1 amide bonds. The zero-order valence-electron chi connectivity index (χ0n) is 14.3. The van der Waals surface area contributed by atoms with E-state index in [1.54, 1.807) is 29.2 Å². The van der Waals surface area contributed by atoms with Gasteiger partial charge < -0.3 is 15.8 Å². The summed E-state index contributed by atoms with van der Waals surface area (Å²) in [6.45, 7) is 1.24. The Bertz CT molecular complexity index is 934. The number of nitriles is 1. The van der Waals surface area contributed by atoms with E-state index in [0.29, 0.717) is 28.9 Å². The van der Waals surface area contributed by atoms with Gasteiger partial charge in [-0.25, -0.2) is 9.98 Å². The minimum atomic E-state index is -0.464. The van der Waals surface area contributed by atoms with Crippen LogP contribution in [0.2, 0.25) is 0 Å². The number of aliphatic imine (C=N–C) groups is 1. The van der Waals surface area contributed by atoms with E-state index in [1.165, 1.54) is 12.3 Å². The smallest absolute Gasteiger partial charge is 0.274 e. The second-order valence-corrected chi connectivity index (χ2v) is 8.37. The minimum Gasteiger partial charge on any atom is -0.379 e. The van der Waals surface area contributed by atoms with Gasteiger partial charge in [-0.1, -0.05) is 11.8 Å². The molecule has 0 radical (unpaired) electrons. The van der Waals surface area contributed by atoms with Crippen molar-refractivity contribution < 1.29 is 9.53 Å². The number of nitrogens with zero attached hydrogens (tertiary/aromatic N) is 3. The van der Waals surface area contributed by atoms with Crippen LogP contribution in [-0.4, -0.2) is 35.0 Å². The molecule has 1 saturated heterocycles. The Kier molecular flexibility index (Phi) is 4.86. The van der Waals surface area contributed by atoms with Crippen LogP contribution in [0.3, 0.4) is 0 Å². The van der Waals surface area contributed by atoms with E-state index in [0.717, 1.165) is 23.7 Å². The number of fused-ring (bicyclic) bond motifs is 1. The summed E-state index contributed by atoms with van der Waals surface area (Å²) in [5.74, 6) is 0.971. The molecule has 7 nitrogen and oxygen atoms in total. The molecule has 2 aliphatic heterocycles. The van der Waals surface area contributed by atoms with Crippen molar-refractivity contribution in [2.45, 2.75) is 12.0 Å². The van der Waals surface area contributed by atoms with Crippen LogP contribution in [0.25, 0.3) is 0 Å². The first kappa shape index (κ1) is 18.0. The average molecular weight is 400 g/mol. The number of carbonyl (C=O) groups is 1. The predicted octanol–water partition coefficient (Wildman–Crippen LogP) is 2.56.